The van der Waals surface area contributed by atoms with Gasteiger partial charge in [-0.05, 0) is 6.07 Å². The summed E-state index contributed by atoms with van der Waals surface area (Å²) in [6, 6.07) is 3.66. The van der Waals surface area contributed by atoms with Gasteiger partial charge in [-0.2, -0.15) is 5.10 Å². The maximum absolute atomic E-state index is 12.0. The Labute approximate surface area is 124 Å². The Balaban J connectivity index is 2.07. The van der Waals surface area contributed by atoms with E-state index < -0.39 is 0 Å². The average molecular weight is 299 g/mol. The van der Waals surface area contributed by atoms with Crippen LogP contribution in [0.5, 0.6) is 11.5 Å². The molecule has 4 rings (SSSR count). The van der Waals surface area contributed by atoms with Crippen molar-refractivity contribution in [3.8, 4) is 11.5 Å². The fourth-order valence-corrected chi connectivity index (χ4v) is 2.47. The summed E-state index contributed by atoms with van der Waals surface area (Å²) >= 11 is 0. The zero-order valence-electron chi connectivity index (χ0n) is 12.0. The summed E-state index contributed by atoms with van der Waals surface area (Å²) in [6.45, 7) is 0.199. The summed E-state index contributed by atoms with van der Waals surface area (Å²) < 4.78 is 10.8. The Morgan fingerprint density at radius 1 is 1.32 bits per heavy atom. The maximum atomic E-state index is 12.0. The minimum Gasteiger partial charge on any atom is -0.454 e. The van der Waals surface area contributed by atoms with Gasteiger partial charge in [-0.1, -0.05) is 0 Å². The van der Waals surface area contributed by atoms with Crippen molar-refractivity contribution in [2.24, 2.45) is 4.99 Å². The Bertz CT molecular complexity index is 970. The molecule has 0 unspecified atom stereocenters. The van der Waals surface area contributed by atoms with Crippen molar-refractivity contribution >= 4 is 34.0 Å². The van der Waals surface area contributed by atoms with Crippen LogP contribution in [-0.2, 0) is 0 Å². The number of aliphatic imine (C=N–C) groups is 1. The third-order valence-corrected chi connectivity index (χ3v) is 3.42. The molecule has 0 amide bonds. The summed E-state index contributed by atoms with van der Waals surface area (Å²) in [5, 5.41) is 7.98. The van der Waals surface area contributed by atoms with Crippen LogP contribution in [0, 0.1) is 0 Å². The fourth-order valence-electron chi connectivity index (χ4n) is 2.47. The summed E-state index contributed by atoms with van der Waals surface area (Å²) in [7, 11) is 3.72. The van der Waals surface area contributed by atoms with Gasteiger partial charge in [0.1, 0.15) is 5.52 Å². The van der Waals surface area contributed by atoms with Crippen LogP contribution in [0.1, 0.15) is 0 Å². The highest BCUT2D eigenvalue weighted by molar-refractivity contribution is 6.12. The van der Waals surface area contributed by atoms with Crippen LogP contribution in [0.15, 0.2) is 21.9 Å². The molecule has 112 valence electrons. The number of nitrogens with one attached hydrogen (secondary N) is 2. The second kappa shape index (κ2) is 4.48. The average Bonchev–Trinajstić information content (AvgIpc) is 3.08. The number of aromatic amines is 2. The van der Waals surface area contributed by atoms with Crippen molar-refractivity contribution in [1.29, 1.82) is 0 Å². The van der Waals surface area contributed by atoms with Crippen molar-refractivity contribution in [1.82, 2.24) is 20.1 Å². The van der Waals surface area contributed by atoms with E-state index in [0.717, 1.165) is 10.9 Å². The van der Waals surface area contributed by atoms with Gasteiger partial charge in [0.2, 0.25) is 6.79 Å². The monoisotopic (exact) mass is 299 g/mol. The van der Waals surface area contributed by atoms with E-state index in [1.807, 2.05) is 26.2 Å². The van der Waals surface area contributed by atoms with Crippen molar-refractivity contribution in [3.05, 3.63) is 22.5 Å². The van der Waals surface area contributed by atoms with Gasteiger partial charge >= 0.3 is 0 Å². The molecular formula is C14H13N5O3. The van der Waals surface area contributed by atoms with E-state index in [2.05, 4.69) is 20.2 Å². The number of hydrogen-bond acceptors (Lipinski definition) is 5. The molecule has 0 atom stereocenters. The normalized spacial score (nSPS) is 13.5. The Kier molecular flexibility index (Phi) is 2.59. The van der Waals surface area contributed by atoms with E-state index in [9.17, 15) is 4.79 Å². The predicted molar refractivity (Wildman–Crippen MR) is 82.2 cm³/mol. The molecule has 1 aliphatic rings. The lowest BCUT2D eigenvalue weighted by Crippen LogP contribution is -2.09. The zero-order chi connectivity index (χ0) is 15.3. The first kappa shape index (κ1) is 12.7. The number of H-pyrrole nitrogens is 2. The van der Waals surface area contributed by atoms with Crippen LogP contribution >= 0.6 is 0 Å². The summed E-state index contributed by atoms with van der Waals surface area (Å²) in [6.07, 6.45) is 1.63. The van der Waals surface area contributed by atoms with E-state index in [0.29, 0.717) is 28.2 Å². The van der Waals surface area contributed by atoms with Crippen molar-refractivity contribution < 1.29 is 9.47 Å². The number of aromatic nitrogens is 3. The van der Waals surface area contributed by atoms with Crippen molar-refractivity contribution in [3.63, 3.8) is 0 Å². The minimum absolute atomic E-state index is 0.199. The minimum atomic E-state index is -0.294. The van der Waals surface area contributed by atoms with Crippen LogP contribution in [0.25, 0.3) is 21.8 Å². The molecule has 2 N–H and O–H groups in total. The molecule has 1 aromatic carbocycles. The largest absolute Gasteiger partial charge is 0.454 e. The lowest BCUT2D eigenvalue weighted by molar-refractivity contribution is 0.174. The van der Waals surface area contributed by atoms with E-state index in [1.165, 1.54) is 0 Å². The first-order valence-corrected chi connectivity index (χ1v) is 6.68. The Morgan fingerprint density at radius 3 is 2.86 bits per heavy atom. The van der Waals surface area contributed by atoms with Gasteiger partial charge in [0.25, 0.3) is 5.56 Å². The van der Waals surface area contributed by atoms with Crippen molar-refractivity contribution in [2.45, 2.75) is 0 Å². The molecule has 0 radical (unpaired) electrons. The molecule has 0 bridgehead atoms. The molecule has 3 heterocycles. The first-order valence-electron chi connectivity index (χ1n) is 6.68. The Hall–Kier alpha value is -3.03. The number of hydrogen-bond donors (Lipinski definition) is 2. The van der Waals surface area contributed by atoms with E-state index in [-0.39, 0.29) is 12.4 Å². The topological polar surface area (TPSA) is 95.6 Å². The molecule has 0 fully saturated rings. The molecule has 8 heteroatoms. The summed E-state index contributed by atoms with van der Waals surface area (Å²) in [5.74, 6) is 1.74. The lowest BCUT2D eigenvalue weighted by atomic mass is 10.1. The molecule has 0 saturated carbocycles. The lowest BCUT2D eigenvalue weighted by Gasteiger charge is -2.02. The third kappa shape index (κ3) is 1.80. The highest BCUT2D eigenvalue weighted by Crippen LogP contribution is 2.39. The second-order valence-corrected chi connectivity index (χ2v) is 5.21. The second-order valence-electron chi connectivity index (χ2n) is 5.21. The highest BCUT2D eigenvalue weighted by Gasteiger charge is 2.19. The van der Waals surface area contributed by atoms with E-state index >= 15 is 0 Å². The van der Waals surface area contributed by atoms with Gasteiger partial charge < -0.3 is 19.4 Å². The summed E-state index contributed by atoms with van der Waals surface area (Å²) in [5.41, 5.74) is 0.913. The van der Waals surface area contributed by atoms with Crippen LogP contribution < -0.4 is 15.0 Å². The SMILES string of the molecule is CN(C)C=Nc1n[nH]c(=O)c2[nH]c3cc4c(cc3c12)OCO4. The molecule has 3 aromatic rings. The van der Waals surface area contributed by atoms with Gasteiger partial charge in [-0.3, -0.25) is 4.79 Å². The molecule has 1 aliphatic heterocycles. The van der Waals surface area contributed by atoms with Gasteiger partial charge in [-0.25, -0.2) is 10.1 Å². The van der Waals surface area contributed by atoms with E-state index in [1.54, 1.807) is 11.2 Å². The third-order valence-electron chi connectivity index (χ3n) is 3.42. The van der Waals surface area contributed by atoms with Crippen LogP contribution in [0.3, 0.4) is 0 Å². The molecule has 0 saturated heterocycles. The molecular weight excluding hydrogens is 286 g/mol. The van der Waals surface area contributed by atoms with E-state index in [4.69, 9.17) is 9.47 Å². The van der Waals surface area contributed by atoms with Gasteiger partial charge in [0.15, 0.2) is 17.3 Å². The standard InChI is InChI=1S/C14H13N5O3/c1-19(2)5-15-13-11-7-3-9-10(22-6-21-9)4-8(7)16-12(11)14(20)18-17-13/h3-5,16H,6H2,1-2H3,(H,18,20). The summed E-state index contributed by atoms with van der Waals surface area (Å²) in [4.78, 5) is 21.2. The zero-order valence-corrected chi connectivity index (χ0v) is 12.0. The van der Waals surface area contributed by atoms with Crippen LogP contribution in [0.4, 0.5) is 5.82 Å². The van der Waals surface area contributed by atoms with Crippen LogP contribution in [0.2, 0.25) is 0 Å². The number of fused-ring (bicyclic) bond motifs is 4. The van der Waals surface area contributed by atoms with Crippen LogP contribution in [-0.4, -0.2) is 47.3 Å². The highest BCUT2D eigenvalue weighted by atomic mass is 16.7. The number of nitrogens with zero attached hydrogens (tertiary/aromatic N) is 3. The van der Waals surface area contributed by atoms with Crippen molar-refractivity contribution in [2.75, 3.05) is 20.9 Å². The molecule has 8 nitrogen and oxygen atoms in total. The smallest absolute Gasteiger partial charge is 0.288 e. The van der Waals surface area contributed by atoms with Gasteiger partial charge in [0, 0.05) is 25.5 Å². The number of benzene rings is 1. The molecule has 0 aliphatic carbocycles. The molecule has 0 spiro atoms. The number of ether oxygens (including phenoxy) is 2. The maximum Gasteiger partial charge on any atom is 0.288 e. The predicted octanol–water partition coefficient (Wildman–Crippen LogP) is 1.35. The quantitative estimate of drug-likeness (QED) is 0.550. The number of rotatable bonds is 2. The fraction of sp³-hybridized carbons (Fsp3) is 0.214. The van der Waals surface area contributed by atoms with Gasteiger partial charge in [-0.15, -0.1) is 0 Å². The van der Waals surface area contributed by atoms with Gasteiger partial charge in [0.05, 0.1) is 17.2 Å². The Morgan fingerprint density at radius 2 is 2.09 bits per heavy atom. The first-order chi connectivity index (χ1) is 10.6. The molecule has 2 aromatic heterocycles. The molecule has 22 heavy (non-hydrogen) atoms.